The van der Waals surface area contributed by atoms with Crippen LogP contribution in [0.25, 0.3) is 0 Å². The molecule has 1 aromatic rings. The summed E-state index contributed by atoms with van der Waals surface area (Å²) in [5.74, 6) is 0. The third kappa shape index (κ3) is 5.03. The maximum Gasteiger partial charge on any atom is 0.321 e. The van der Waals surface area contributed by atoms with Crippen molar-refractivity contribution in [2.24, 2.45) is 11.1 Å². The lowest BCUT2D eigenvalue weighted by Crippen LogP contribution is -2.43. The third-order valence-corrected chi connectivity index (χ3v) is 3.15. The Bertz CT molecular complexity index is 517. The summed E-state index contributed by atoms with van der Waals surface area (Å²) < 4.78 is 0. The highest BCUT2D eigenvalue weighted by atomic mass is 16.6. The molecular formula is C14H22N4O3. The molecule has 1 rings (SSSR count). The van der Waals surface area contributed by atoms with Gasteiger partial charge in [-0.2, -0.15) is 0 Å². The average Bonchev–Trinajstić information content (AvgIpc) is 2.45. The van der Waals surface area contributed by atoms with Crippen LogP contribution in [-0.2, 0) is 0 Å². The maximum absolute atomic E-state index is 12.2. The first-order chi connectivity index (χ1) is 9.79. The quantitative estimate of drug-likeness (QED) is 0.621. The molecule has 0 atom stereocenters. The van der Waals surface area contributed by atoms with E-state index in [0.717, 1.165) is 0 Å². The molecule has 0 aliphatic heterocycles. The molecule has 7 nitrogen and oxygen atoms in total. The van der Waals surface area contributed by atoms with Crippen molar-refractivity contribution in [1.29, 1.82) is 0 Å². The monoisotopic (exact) mass is 294 g/mol. The van der Waals surface area contributed by atoms with E-state index in [0.29, 0.717) is 25.3 Å². The van der Waals surface area contributed by atoms with Gasteiger partial charge in [0.25, 0.3) is 5.69 Å². The van der Waals surface area contributed by atoms with Crippen LogP contribution in [0.15, 0.2) is 24.3 Å². The zero-order valence-electron chi connectivity index (χ0n) is 12.6. The molecule has 1 aromatic carbocycles. The summed E-state index contributed by atoms with van der Waals surface area (Å²) in [5.41, 5.74) is 5.84. The average molecular weight is 294 g/mol. The fraction of sp³-hybridized carbons (Fsp3) is 0.500. The van der Waals surface area contributed by atoms with E-state index in [1.165, 1.54) is 18.2 Å². The van der Waals surface area contributed by atoms with E-state index in [4.69, 9.17) is 5.73 Å². The number of nitrogens with one attached hydrogen (secondary N) is 1. The first-order valence-electron chi connectivity index (χ1n) is 6.79. The van der Waals surface area contributed by atoms with Gasteiger partial charge >= 0.3 is 6.03 Å². The van der Waals surface area contributed by atoms with E-state index in [9.17, 15) is 14.9 Å². The molecule has 0 radical (unpaired) electrons. The van der Waals surface area contributed by atoms with E-state index in [1.807, 2.05) is 20.8 Å². The third-order valence-electron chi connectivity index (χ3n) is 3.15. The number of hydrogen-bond donors (Lipinski definition) is 2. The zero-order chi connectivity index (χ0) is 16.0. The minimum atomic E-state index is -0.495. The molecule has 2 amide bonds. The van der Waals surface area contributed by atoms with Crippen LogP contribution in [0.1, 0.15) is 20.8 Å². The minimum Gasteiger partial charge on any atom is -0.330 e. The second kappa shape index (κ2) is 7.03. The van der Waals surface area contributed by atoms with E-state index in [2.05, 4.69) is 5.32 Å². The molecule has 0 aliphatic carbocycles. The van der Waals surface area contributed by atoms with Crippen LogP contribution >= 0.6 is 0 Å². The van der Waals surface area contributed by atoms with Crippen LogP contribution in [0, 0.1) is 15.5 Å². The second-order valence-corrected chi connectivity index (χ2v) is 5.62. The normalized spacial score (nSPS) is 11.0. The summed E-state index contributed by atoms with van der Waals surface area (Å²) in [6.45, 7) is 7.35. The van der Waals surface area contributed by atoms with Crippen molar-refractivity contribution in [2.75, 3.05) is 25.0 Å². The van der Waals surface area contributed by atoms with Gasteiger partial charge in [0, 0.05) is 30.9 Å². The molecule has 0 aliphatic rings. The molecule has 0 aromatic heterocycles. The van der Waals surface area contributed by atoms with Gasteiger partial charge in [-0.25, -0.2) is 4.79 Å². The number of carbonyl (C=O) groups excluding carboxylic acids is 1. The second-order valence-electron chi connectivity index (χ2n) is 5.62. The number of non-ortho nitro benzene ring substituents is 1. The fourth-order valence-electron chi connectivity index (χ4n) is 1.81. The van der Waals surface area contributed by atoms with Gasteiger partial charge in [0.05, 0.1) is 4.92 Å². The first kappa shape index (κ1) is 16.9. The van der Waals surface area contributed by atoms with Crippen LogP contribution in [0.5, 0.6) is 0 Å². The van der Waals surface area contributed by atoms with E-state index in [-0.39, 0.29) is 17.1 Å². The summed E-state index contributed by atoms with van der Waals surface area (Å²) in [6, 6.07) is 5.57. The number of benzene rings is 1. The van der Waals surface area contributed by atoms with Crippen LogP contribution in [0.3, 0.4) is 0 Å². The van der Waals surface area contributed by atoms with Crippen molar-refractivity contribution in [3.63, 3.8) is 0 Å². The lowest BCUT2D eigenvalue weighted by atomic mass is 9.93. The number of nitrogens with two attached hydrogens (primary N) is 1. The lowest BCUT2D eigenvalue weighted by molar-refractivity contribution is -0.384. The highest BCUT2D eigenvalue weighted by Crippen LogP contribution is 2.19. The van der Waals surface area contributed by atoms with Crippen molar-refractivity contribution in [3.05, 3.63) is 34.4 Å². The number of nitro benzene ring substituents is 1. The first-order valence-corrected chi connectivity index (χ1v) is 6.79. The summed E-state index contributed by atoms with van der Waals surface area (Å²) in [6.07, 6.45) is 0. The fourth-order valence-corrected chi connectivity index (χ4v) is 1.81. The Morgan fingerprint density at radius 1 is 1.48 bits per heavy atom. The number of nitrogens with zero attached hydrogens (tertiary/aromatic N) is 2. The molecule has 0 unspecified atom stereocenters. The maximum atomic E-state index is 12.2. The lowest BCUT2D eigenvalue weighted by Gasteiger charge is -2.31. The van der Waals surface area contributed by atoms with Crippen molar-refractivity contribution in [2.45, 2.75) is 20.8 Å². The SMILES string of the molecule is CCN(CC(C)(C)CN)C(=O)Nc1cccc([N+](=O)[O-])c1. The van der Waals surface area contributed by atoms with Gasteiger partial charge in [-0.15, -0.1) is 0 Å². The molecule has 0 fully saturated rings. The molecule has 7 heteroatoms. The Hall–Kier alpha value is -2.15. The van der Waals surface area contributed by atoms with Gasteiger partial charge in [-0.3, -0.25) is 10.1 Å². The molecule has 0 spiro atoms. The Kier molecular flexibility index (Phi) is 5.66. The minimum absolute atomic E-state index is 0.0573. The Morgan fingerprint density at radius 3 is 2.67 bits per heavy atom. The Balaban J connectivity index is 2.79. The number of rotatable bonds is 6. The van der Waals surface area contributed by atoms with Crippen molar-refractivity contribution < 1.29 is 9.72 Å². The van der Waals surface area contributed by atoms with Crippen molar-refractivity contribution >= 4 is 17.4 Å². The molecule has 0 bridgehead atoms. The predicted octanol–water partition coefficient (Wildman–Crippen LogP) is 2.43. The number of nitro groups is 1. The number of hydrogen-bond acceptors (Lipinski definition) is 4. The molecule has 0 saturated heterocycles. The van der Waals surface area contributed by atoms with Gasteiger partial charge in [0.15, 0.2) is 0 Å². The van der Waals surface area contributed by atoms with Gasteiger partial charge in [-0.1, -0.05) is 19.9 Å². The summed E-state index contributed by atoms with van der Waals surface area (Å²) in [7, 11) is 0. The molecule has 0 heterocycles. The standard InChI is InChI=1S/C14H22N4O3/c1-4-17(10-14(2,3)9-15)13(19)16-11-6-5-7-12(8-11)18(20)21/h5-8H,4,9-10,15H2,1-3H3,(H,16,19). The van der Waals surface area contributed by atoms with Crippen LogP contribution < -0.4 is 11.1 Å². The van der Waals surface area contributed by atoms with Gasteiger partial charge in [0.2, 0.25) is 0 Å². The number of urea groups is 1. The van der Waals surface area contributed by atoms with E-state index >= 15 is 0 Å². The Labute approximate surface area is 124 Å². The van der Waals surface area contributed by atoms with Crippen molar-refractivity contribution in [3.8, 4) is 0 Å². The van der Waals surface area contributed by atoms with Gasteiger partial charge in [0.1, 0.15) is 0 Å². The molecule has 21 heavy (non-hydrogen) atoms. The number of amides is 2. The number of anilines is 1. The van der Waals surface area contributed by atoms with Crippen molar-refractivity contribution in [1.82, 2.24) is 4.90 Å². The molecule has 116 valence electrons. The van der Waals surface area contributed by atoms with Gasteiger partial charge < -0.3 is 16.0 Å². The molecule has 0 saturated carbocycles. The van der Waals surface area contributed by atoms with Crippen LogP contribution in [-0.4, -0.2) is 35.5 Å². The summed E-state index contributed by atoms with van der Waals surface area (Å²) >= 11 is 0. The summed E-state index contributed by atoms with van der Waals surface area (Å²) in [5, 5.41) is 13.4. The molecular weight excluding hydrogens is 272 g/mol. The van der Waals surface area contributed by atoms with E-state index < -0.39 is 4.92 Å². The zero-order valence-corrected chi connectivity index (χ0v) is 12.6. The van der Waals surface area contributed by atoms with Crippen LogP contribution in [0.4, 0.5) is 16.2 Å². The smallest absolute Gasteiger partial charge is 0.321 e. The molecule has 3 N–H and O–H groups in total. The van der Waals surface area contributed by atoms with E-state index in [1.54, 1.807) is 11.0 Å². The van der Waals surface area contributed by atoms with Gasteiger partial charge in [-0.05, 0) is 24.9 Å². The summed E-state index contributed by atoms with van der Waals surface area (Å²) in [4.78, 5) is 24.1. The number of carbonyl (C=O) groups is 1. The topological polar surface area (TPSA) is 102 Å². The Morgan fingerprint density at radius 2 is 2.14 bits per heavy atom. The highest BCUT2D eigenvalue weighted by Gasteiger charge is 2.23. The van der Waals surface area contributed by atoms with Crippen LogP contribution in [0.2, 0.25) is 0 Å². The largest absolute Gasteiger partial charge is 0.330 e. The highest BCUT2D eigenvalue weighted by molar-refractivity contribution is 5.89. The predicted molar refractivity (Wildman–Crippen MR) is 82.2 cm³/mol.